The minimum absolute atomic E-state index is 0.0822. The van der Waals surface area contributed by atoms with Gasteiger partial charge in [-0.05, 0) is 31.2 Å². The van der Waals surface area contributed by atoms with E-state index in [1.165, 1.54) is 24.3 Å². The van der Waals surface area contributed by atoms with Crippen LogP contribution in [0.1, 0.15) is 29.6 Å². The molecule has 0 radical (unpaired) electrons. The Balaban J connectivity index is 1.67. The van der Waals surface area contributed by atoms with Crippen LogP contribution in [0.25, 0.3) is 0 Å². The second-order valence-corrected chi connectivity index (χ2v) is 8.78. The van der Waals surface area contributed by atoms with Crippen LogP contribution in [0.2, 0.25) is 0 Å². The van der Waals surface area contributed by atoms with Gasteiger partial charge in [0.15, 0.2) is 0 Å². The summed E-state index contributed by atoms with van der Waals surface area (Å²) in [5.41, 5.74) is 5.36. The number of hydrogen-bond donors (Lipinski definition) is 2. The molecule has 2 aliphatic rings. The molecule has 2 fully saturated rings. The van der Waals surface area contributed by atoms with Crippen molar-refractivity contribution in [2.45, 2.75) is 35.6 Å². The van der Waals surface area contributed by atoms with Crippen LogP contribution in [0.5, 0.6) is 0 Å². The molecule has 0 aromatic carbocycles. The summed E-state index contributed by atoms with van der Waals surface area (Å²) in [6, 6.07) is 0.973. The van der Waals surface area contributed by atoms with Crippen LogP contribution in [0, 0.1) is 5.92 Å². The summed E-state index contributed by atoms with van der Waals surface area (Å²) in [7, 11) is -3.70. The highest BCUT2D eigenvalue weighted by Crippen LogP contribution is 2.30. The second-order valence-electron chi connectivity index (χ2n) is 5.93. The molecule has 1 saturated heterocycles. The molecule has 7 nitrogen and oxygen atoms in total. The van der Waals surface area contributed by atoms with Crippen molar-refractivity contribution in [1.82, 2.24) is 4.72 Å². The lowest BCUT2D eigenvalue weighted by atomic mass is 10.1. The van der Waals surface area contributed by atoms with Gasteiger partial charge in [-0.1, -0.05) is 0 Å². The lowest BCUT2D eigenvalue weighted by Gasteiger charge is -2.31. The zero-order valence-electron chi connectivity index (χ0n) is 12.6. The van der Waals surface area contributed by atoms with Crippen LogP contribution in [0.4, 0.5) is 0 Å². The Bertz CT molecular complexity index is 668. The van der Waals surface area contributed by atoms with Gasteiger partial charge in [-0.2, -0.15) is 0 Å². The van der Waals surface area contributed by atoms with Gasteiger partial charge in [0.1, 0.15) is 4.21 Å². The minimum atomic E-state index is -3.70. The molecule has 1 aromatic rings. The summed E-state index contributed by atoms with van der Waals surface area (Å²) < 4.78 is 39.0. The Kier molecular flexibility index (Phi) is 5.02. The summed E-state index contributed by atoms with van der Waals surface area (Å²) in [5, 5.41) is 1.45. The van der Waals surface area contributed by atoms with E-state index in [1.807, 2.05) is 0 Å². The number of primary amides is 1. The molecule has 23 heavy (non-hydrogen) atoms. The number of amides is 1. The fourth-order valence-corrected chi connectivity index (χ4v) is 4.88. The number of sulfonamides is 1. The maximum Gasteiger partial charge on any atom is 0.250 e. The summed E-state index contributed by atoms with van der Waals surface area (Å²) in [5.74, 6) is -0.0379. The number of thiophene rings is 1. The van der Waals surface area contributed by atoms with Crippen LogP contribution in [-0.4, -0.2) is 46.3 Å². The SMILES string of the molecule is NC(=O)c1csc(S(=O)(=O)N[C@@H]2CCOC[C@H]2OCC2CC2)c1. The lowest BCUT2D eigenvalue weighted by Crippen LogP contribution is -2.50. The van der Waals surface area contributed by atoms with Gasteiger partial charge in [-0.25, -0.2) is 13.1 Å². The number of carbonyl (C=O) groups excluding carboxylic acids is 1. The van der Waals surface area contributed by atoms with E-state index >= 15 is 0 Å². The molecule has 3 N–H and O–H groups in total. The Hall–Kier alpha value is -1.00. The first kappa shape index (κ1) is 16.8. The molecule has 2 atom stereocenters. The molecule has 1 saturated carbocycles. The van der Waals surface area contributed by atoms with Crippen molar-refractivity contribution in [3.8, 4) is 0 Å². The molecule has 1 amide bonds. The van der Waals surface area contributed by atoms with Gasteiger partial charge in [-0.15, -0.1) is 11.3 Å². The summed E-state index contributed by atoms with van der Waals surface area (Å²) in [4.78, 5) is 11.1. The van der Waals surface area contributed by atoms with Gasteiger partial charge in [0, 0.05) is 18.6 Å². The molecule has 0 unspecified atom stereocenters. The van der Waals surface area contributed by atoms with Crippen LogP contribution in [0.3, 0.4) is 0 Å². The zero-order valence-corrected chi connectivity index (χ0v) is 14.2. The largest absolute Gasteiger partial charge is 0.379 e. The topological polar surface area (TPSA) is 108 Å². The molecule has 1 aliphatic heterocycles. The molecule has 1 aliphatic carbocycles. The second kappa shape index (κ2) is 6.86. The first-order chi connectivity index (χ1) is 11.0. The predicted molar refractivity (Wildman–Crippen MR) is 84.8 cm³/mol. The van der Waals surface area contributed by atoms with E-state index in [0.29, 0.717) is 32.2 Å². The van der Waals surface area contributed by atoms with Crippen LogP contribution in [0.15, 0.2) is 15.7 Å². The molecular formula is C14H20N2O5S2. The van der Waals surface area contributed by atoms with Gasteiger partial charge in [0.25, 0.3) is 0 Å². The quantitative estimate of drug-likeness (QED) is 0.744. The normalized spacial score (nSPS) is 25.4. The summed E-state index contributed by atoms with van der Waals surface area (Å²) >= 11 is 0.980. The van der Waals surface area contributed by atoms with Crippen LogP contribution < -0.4 is 10.5 Å². The fourth-order valence-electron chi connectivity index (χ4n) is 2.40. The smallest absolute Gasteiger partial charge is 0.250 e. The Morgan fingerprint density at radius 3 is 2.87 bits per heavy atom. The monoisotopic (exact) mass is 360 g/mol. The number of ether oxygens (including phenoxy) is 2. The van der Waals surface area contributed by atoms with Gasteiger partial charge < -0.3 is 15.2 Å². The van der Waals surface area contributed by atoms with E-state index in [9.17, 15) is 13.2 Å². The molecule has 128 valence electrons. The first-order valence-electron chi connectivity index (χ1n) is 7.56. The highest BCUT2D eigenvalue weighted by atomic mass is 32.2. The maximum absolute atomic E-state index is 12.5. The van der Waals surface area contributed by atoms with Gasteiger partial charge >= 0.3 is 0 Å². The van der Waals surface area contributed by atoms with Gasteiger partial charge in [0.05, 0.1) is 24.3 Å². The van der Waals surface area contributed by atoms with Crippen molar-refractivity contribution in [3.63, 3.8) is 0 Å². The third-order valence-electron chi connectivity index (χ3n) is 3.98. The van der Waals surface area contributed by atoms with Crippen molar-refractivity contribution < 1.29 is 22.7 Å². The summed E-state index contributed by atoms with van der Waals surface area (Å²) in [6.45, 7) is 1.53. The lowest BCUT2D eigenvalue weighted by molar-refractivity contribution is -0.0672. The van der Waals surface area contributed by atoms with Crippen molar-refractivity contribution in [3.05, 3.63) is 17.0 Å². The zero-order chi connectivity index (χ0) is 16.4. The van der Waals surface area contributed by atoms with Crippen molar-refractivity contribution in [2.24, 2.45) is 11.7 Å². The van der Waals surface area contributed by atoms with E-state index in [1.54, 1.807) is 0 Å². The molecule has 2 heterocycles. The highest BCUT2D eigenvalue weighted by molar-refractivity contribution is 7.91. The van der Waals surface area contributed by atoms with Gasteiger partial charge in [-0.3, -0.25) is 4.79 Å². The molecule has 3 rings (SSSR count). The van der Waals surface area contributed by atoms with E-state index in [2.05, 4.69) is 4.72 Å². The van der Waals surface area contributed by atoms with Crippen molar-refractivity contribution >= 4 is 27.3 Å². The molecule has 9 heteroatoms. The average Bonchev–Trinajstić information content (AvgIpc) is 3.18. The number of carbonyl (C=O) groups is 1. The number of hydrogen-bond acceptors (Lipinski definition) is 6. The Morgan fingerprint density at radius 2 is 2.22 bits per heavy atom. The standard InChI is InChI=1S/C14H20N2O5S2/c15-14(17)10-5-13(22-8-10)23(18,19)16-11-3-4-20-7-12(11)21-6-9-1-2-9/h5,8-9,11-12,16H,1-4,6-7H2,(H2,15,17)/t11-,12-/m1/s1. The Labute approximate surface area is 139 Å². The van der Waals surface area contributed by atoms with Crippen molar-refractivity contribution in [2.75, 3.05) is 19.8 Å². The minimum Gasteiger partial charge on any atom is -0.379 e. The highest BCUT2D eigenvalue weighted by Gasteiger charge is 2.33. The van der Waals surface area contributed by atoms with Crippen LogP contribution >= 0.6 is 11.3 Å². The first-order valence-corrected chi connectivity index (χ1v) is 9.92. The molecule has 0 spiro atoms. The number of nitrogens with two attached hydrogens (primary N) is 1. The third kappa shape index (κ3) is 4.30. The number of rotatable bonds is 7. The molecular weight excluding hydrogens is 340 g/mol. The van der Waals surface area contributed by atoms with Crippen molar-refractivity contribution in [1.29, 1.82) is 0 Å². The molecule has 1 aromatic heterocycles. The Morgan fingerprint density at radius 1 is 1.43 bits per heavy atom. The summed E-state index contributed by atoms with van der Waals surface area (Å²) in [6.07, 6.45) is 2.63. The fraction of sp³-hybridized carbons (Fsp3) is 0.643. The van der Waals surface area contributed by atoms with Crippen LogP contribution in [-0.2, 0) is 19.5 Å². The maximum atomic E-state index is 12.5. The van der Waals surface area contributed by atoms with Gasteiger partial charge in [0.2, 0.25) is 15.9 Å². The average molecular weight is 360 g/mol. The van der Waals surface area contributed by atoms with E-state index in [4.69, 9.17) is 15.2 Å². The van der Waals surface area contributed by atoms with E-state index in [-0.39, 0.29) is 21.9 Å². The third-order valence-corrected chi connectivity index (χ3v) is 6.91. The molecule has 0 bridgehead atoms. The number of nitrogens with one attached hydrogen (secondary N) is 1. The van der Waals surface area contributed by atoms with E-state index < -0.39 is 15.9 Å². The van der Waals surface area contributed by atoms with E-state index in [0.717, 1.165) is 11.3 Å². The predicted octanol–water partition coefficient (Wildman–Crippen LogP) is 0.709.